The molecule has 64 valence electrons. The molecule has 3 nitrogen and oxygen atoms in total. The van der Waals surface area contributed by atoms with Gasteiger partial charge in [-0.3, -0.25) is 4.99 Å². The summed E-state index contributed by atoms with van der Waals surface area (Å²) >= 11 is 0. The number of nitrogens with zero attached hydrogens (tertiary/aromatic N) is 1. The summed E-state index contributed by atoms with van der Waals surface area (Å²) in [5, 5.41) is 0. The molecule has 0 unspecified atom stereocenters. The first kappa shape index (κ1) is 8.53. The first-order valence-electron chi connectivity index (χ1n) is 4.13. The summed E-state index contributed by atoms with van der Waals surface area (Å²) in [5.74, 6) is 6.33. The number of hydrogen-bond acceptors (Lipinski definition) is 2. The van der Waals surface area contributed by atoms with Gasteiger partial charge in [-0.15, -0.1) is 0 Å². The van der Waals surface area contributed by atoms with Crippen LogP contribution in [0.5, 0.6) is 0 Å². The van der Waals surface area contributed by atoms with Crippen LogP contribution in [0.25, 0.3) is 0 Å². The number of hydrazine groups is 1. The Morgan fingerprint density at radius 3 is 2.36 bits per heavy atom. The number of nitrogens with one attached hydrogen (secondary N) is 1. The molecule has 0 spiro atoms. The van der Waals surface area contributed by atoms with Gasteiger partial charge in [-0.2, -0.15) is 0 Å². The SMILES string of the molecule is CC(C)N=C(NN)C1(C)CC1. The molecule has 1 rings (SSSR count). The van der Waals surface area contributed by atoms with Gasteiger partial charge in [0.1, 0.15) is 5.84 Å². The van der Waals surface area contributed by atoms with Gasteiger partial charge in [-0.1, -0.05) is 6.92 Å². The van der Waals surface area contributed by atoms with E-state index in [0.29, 0.717) is 6.04 Å². The Morgan fingerprint density at radius 2 is 2.09 bits per heavy atom. The maximum Gasteiger partial charge on any atom is 0.117 e. The second-order valence-corrected chi connectivity index (χ2v) is 3.78. The van der Waals surface area contributed by atoms with Crippen molar-refractivity contribution < 1.29 is 0 Å². The molecule has 11 heavy (non-hydrogen) atoms. The van der Waals surface area contributed by atoms with Gasteiger partial charge >= 0.3 is 0 Å². The third-order valence-electron chi connectivity index (χ3n) is 2.10. The Bertz CT molecular complexity index is 168. The summed E-state index contributed by atoms with van der Waals surface area (Å²) < 4.78 is 0. The molecule has 1 saturated carbocycles. The van der Waals surface area contributed by atoms with Gasteiger partial charge < -0.3 is 5.43 Å². The molecule has 0 aromatic rings. The van der Waals surface area contributed by atoms with Gasteiger partial charge in [0.25, 0.3) is 0 Å². The highest BCUT2D eigenvalue weighted by Gasteiger charge is 2.42. The van der Waals surface area contributed by atoms with Crippen LogP contribution < -0.4 is 11.3 Å². The predicted octanol–water partition coefficient (Wildman–Crippen LogP) is 1.06. The van der Waals surface area contributed by atoms with Crippen LogP contribution >= 0.6 is 0 Å². The first-order chi connectivity index (χ1) is 5.08. The van der Waals surface area contributed by atoms with E-state index in [9.17, 15) is 0 Å². The van der Waals surface area contributed by atoms with Gasteiger partial charge in [-0.05, 0) is 26.7 Å². The van der Waals surface area contributed by atoms with Gasteiger partial charge in [0.15, 0.2) is 0 Å². The average Bonchev–Trinajstić information content (AvgIpc) is 2.63. The normalized spacial score (nSPS) is 22.1. The highest BCUT2D eigenvalue weighted by molar-refractivity contribution is 5.89. The van der Waals surface area contributed by atoms with Crippen LogP contribution in [0.1, 0.15) is 33.6 Å². The predicted molar refractivity (Wildman–Crippen MR) is 47.2 cm³/mol. The Hall–Kier alpha value is -0.570. The quantitative estimate of drug-likeness (QED) is 0.271. The molecular formula is C8H17N3. The zero-order valence-corrected chi connectivity index (χ0v) is 7.52. The molecule has 0 heterocycles. The zero-order chi connectivity index (χ0) is 8.48. The van der Waals surface area contributed by atoms with Crippen molar-refractivity contribution in [3.63, 3.8) is 0 Å². The highest BCUT2D eigenvalue weighted by Crippen LogP contribution is 2.45. The largest absolute Gasteiger partial charge is 0.312 e. The number of rotatable bonds is 2. The number of nitrogens with two attached hydrogens (primary N) is 1. The molecule has 0 radical (unpaired) electrons. The molecule has 0 atom stereocenters. The third kappa shape index (κ3) is 1.93. The lowest BCUT2D eigenvalue weighted by molar-refractivity contribution is 0.713. The summed E-state index contributed by atoms with van der Waals surface area (Å²) in [6, 6.07) is 0.332. The second kappa shape index (κ2) is 2.81. The van der Waals surface area contributed by atoms with Crippen LogP contribution in [0.15, 0.2) is 4.99 Å². The maximum absolute atomic E-state index is 5.37. The van der Waals surface area contributed by atoms with Crippen molar-refractivity contribution in [2.24, 2.45) is 16.3 Å². The lowest BCUT2D eigenvalue weighted by Crippen LogP contribution is -2.36. The molecule has 1 aliphatic rings. The maximum atomic E-state index is 5.37. The van der Waals surface area contributed by atoms with Crippen LogP contribution in [0.4, 0.5) is 0 Å². The number of amidine groups is 1. The first-order valence-corrected chi connectivity index (χ1v) is 4.13. The Morgan fingerprint density at radius 1 is 1.55 bits per heavy atom. The lowest BCUT2D eigenvalue weighted by Gasteiger charge is -2.12. The third-order valence-corrected chi connectivity index (χ3v) is 2.10. The van der Waals surface area contributed by atoms with E-state index >= 15 is 0 Å². The Kier molecular flexibility index (Phi) is 2.18. The van der Waals surface area contributed by atoms with Crippen LogP contribution in [0, 0.1) is 5.41 Å². The van der Waals surface area contributed by atoms with Crippen LogP contribution in [-0.2, 0) is 0 Å². The van der Waals surface area contributed by atoms with Gasteiger partial charge in [-0.25, -0.2) is 5.84 Å². The molecular weight excluding hydrogens is 138 g/mol. The van der Waals surface area contributed by atoms with E-state index in [2.05, 4.69) is 31.2 Å². The van der Waals surface area contributed by atoms with E-state index in [0.717, 1.165) is 5.84 Å². The lowest BCUT2D eigenvalue weighted by atomic mass is 10.1. The van der Waals surface area contributed by atoms with Crippen molar-refractivity contribution in [1.29, 1.82) is 0 Å². The van der Waals surface area contributed by atoms with E-state index in [4.69, 9.17) is 5.84 Å². The van der Waals surface area contributed by atoms with Crippen LogP contribution in [-0.4, -0.2) is 11.9 Å². The fraction of sp³-hybridized carbons (Fsp3) is 0.875. The van der Waals surface area contributed by atoms with Crippen molar-refractivity contribution >= 4 is 5.84 Å². The smallest absolute Gasteiger partial charge is 0.117 e. The molecule has 0 amide bonds. The van der Waals surface area contributed by atoms with Crippen LogP contribution in [0.2, 0.25) is 0 Å². The molecule has 3 heteroatoms. The average molecular weight is 155 g/mol. The molecule has 0 bridgehead atoms. The molecule has 0 aromatic carbocycles. The van der Waals surface area contributed by atoms with E-state index in [1.807, 2.05) is 0 Å². The summed E-state index contributed by atoms with van der Waals surface area (Å²) in [6.45, 7) is 6.31. The molecule has 0 aromatic heterocycles. The molecule has 1 fully saturated rings. The van der Waals surface area contributed by atoms with Gasteiger partial charge in [0.2, 0.25) is 0 Å². The van der Waals surface area contributed by atoms with Crippen molar-refractivity contribution in [2.45, 2.75) is 39.7 Å². The standard InChI is InChI=1S/C8H17N3/c1-6(2)10-7(11-9)8(3)4-5-8/h6H,4-5,9H2,1-3H3,(H,10,11). The molecule has 0 saturated heterocycles. The van der Waals surface area contributed by atoms with Gasteiger partial charge in [0, 0.05) is 11.5 Å². The fourth-order valence-corrected chi connectivity index (χ4v) is 1.05. The topological polar surface area (TPSA) is 50.4 Å². The molecule has 0 aliphatic heterocycles. The molecule has 1 aliphatic carbocycles. The van der Waals surface area contributed by atoms with Crippen molar-refractivity contribution in [2.75, 3.05) is 0 Å². The van der Waals surface area contributed by atoms with Gasteiger partial charge in [0.05, 0.1) is 0 Å². The Labute approximate surface area is 68.0 Å². The number of hydrogen-bond donors (Lipinski definition) is 2. The summed E-state index contributed by atoms with van der Waals surface area (Å²) in [4.78, 5) is 4.41. The number of aliphatic imine (C=N–C) groups is 1. The van der Waals surface area contributed by atoms with E-state index < -0.39 is 0 Å². The van der Waals surface area contributed by atoms with E-state index in [-0.39, 0.29) is 5.41 Å². The minimum atomic E-state index is 0.263. The monoisotopic (exact) mass is 155 g/mol. The minimum absolute atomic E-state index is 0.263. The highest BCUT2D eigenvalue weighted by atomic mass is 15.3. The molecule has 3 N–H and O–H groups in total. The zero-order valence-electron chi connectivity index (χ0n) is 7.52. The van der Waals surface area contributed by atoms with Crippen molar-refractivity contribution in [3.8, 4) is 0 Å². The Balaban J connectivity index is 2.63. The van der Waals surface area contributed by atoms with Crippen molar-refractivity contribution in [1.82, 2.24) is 5.43 Å². The fourth-order valence-electron chi connectivity index (χ4n) is 1.05. The second-order valence-electron chi connectivity index (χ2n) is 3.78. The summed E-state index contributed by atoms with van der Waals surface area (Å²) in [5.41, 5.74) is 2.95. The van der Waals surface area contributed by atoms with E-state index in [1.54, 1.807) is 0 Å². The minimum Gasteiger partial charge on any atom is -0.312 e. The van der Waals surface area contributed by atoms with Crippen LogP contribution in [0.3, 0.4) is 0 Å². The summed E-state index contributed by atoms with van der Waals surface area (Å²) in [7, 11) is 0. The summed E-state index contributed by atoms with van der Waals surface area (Å²) in [6.07, 6.45) is 2.42. The van der Waals surface area contributed by atoms with E-state index in [1.165, 1.54) is 12.8 Å². The van der Waals surface area contributed by atoms with Crippen molar-refractivity contribution in [3.05, 3.63) is 0 Å².